The van der Waals surface area contributed by atoms with E-state index in [9.17, 15) is 9.59 Å². The van der Waals surface area contributed by atoms with Crippen LogP contribution in [0.5, 0.6) is 0 Å². The molecule has 130 valence electrons. The van der Waals surface area contributed by atoms with Gasteiger partial charge < -0.3 is 10.1 Å². The highest BCUT2D eigenvalue weighted by Gasteiger charge is 2.32. The van der Waals surface area contributed by atoms with Crippen LogP contribution in [-0.2, 0) is 16.6 Å². The van der Waals surface area contributed by atoms with Gasteiger partial charge in [0.15, 0.2) is 5.82 Å². The van der Waals surface area contributed by atoms with Gasteiger partial charge in [-0.25, -0.2) is 9.48 Å². The summed E-state index contributed by atoms with van der Waals surface area (Å²) in [6.07, 6.45) is -0.511. The standard InChI is InChI=1S/C18H15N5O3/c1-23-17(20-21-22-23)11-5-4-6-12(9-11)19-16(24)10-15-13-7-2-3-8-14(13)18(25)26-15/h2-9,15H,10H2,1H3,(H,19,24). The SMILES string of the molecule is Cn1nnnc1-c1cccc(NC(=O)CC2OC(=O)c3ccccc32)c1. The van der Waals surface area contributed by atoms with Gasteiger partial charge in [0.05, 0.1) is 12.0 Å². The number of benzene rings is 2. The minimum absolute atomic E-state index is 0.0541. The number of amides is 1. The summed E-state index contributed by atoms with van der Waals surface area (Å²) >= 11 is 0. The highest BCUT2D eigenvalue weighted by atomic mass is 16.5. The molecule has 0 bridgehead atoms. The largest absolute Gasteiger partial charge is 0.453 e. The van der Waals surface area contributed by atoms with Crippen molar-refractivity contribution in [2.45, 2.75) is 12.5 Å². The Balaban J connectivity index is 1.48. The average molecular weight is 349 g/mol. The summed E-state index contributed by atoms with van der Waals surface area (Å²) in [6.45, 7) is 0. The molecule has 3 aromatic rings. The number of esters is 1. The summed E-state index contributed by atoms with van der Waals surface area (Å²) < 4.78 is 6.86. The normalized spacial score (nSPS) is 15.4. The summed E-state index contributed by atoms with van der Waals surface area (Å²) in [4.78, 5) is 24.3. The fourth-order valence-corrected chi connectivity index (χ4v) is 2.96. The van der Waals surface area contributed by atoms with E-state index in [4.69, 9.17) is 4.74 Å². The highest BCUT2D eigenvalue weighted by molar-refractivity contribution is 5.96. The third-order valence-electron chi connectivity index (χ3n) is 4.17. The van der Waals surface area contributed by atoms with Crippen LogP contribution >= 0.6 is 0 Å². The fourth-order valence-electron chi connectivity index (χ4n) is 2.96. The molecule has 4 rings (SSSR count). The molecule has 1 unspecified atom stereocenters. The predicted molar refractivity (Wildman–Crippen MR) is 92.1 cm³/mol. The molecular formula is C18H15N5O3. The van der Waals surface area contributed by atoms with Gasteiger partial charge in [0, 0.05) is 23.9 Å². The van der Waals surface area contributed by atoms with Gasteiger partial charge in [-0.1, -0.05) is 30.3 Å². The average Bonchev–Trinajstić information content (AvgIpc) is 3.19. The van der Waals surface area contributed by atoms with Crippen LogP contribution < -0.4 is 5.32 Å². The van der Waals surface area contributed by atoms with Crippen molar-refractivity contribution in [1.29, 1.82) is 0 Å². The highest BCUT2D eigenvalue weighted by Crippen LogP contribution is 2.33. The summed E-state index contributed by atoms with van der Waals surface area (Å²) in [6, 6.07) is 14.3. The number of nitrogens with one attached hydrogen (secondary N) is 1. The van der Waals surface area contributed by atoms with E-state index in [1.165, 1.54) is 0 Å². The maximum absolute atomic E-state index is 12.4. The Morgan fingerprint density at radius 3 is 2.88 bits per heavy atom. The Labute approximate surface area is 148 Å². The second kappa shape index (κ2) is 6.40. The third kappa shape index (κ3) is 2.92. The predicted octanol–water partition coefficient (Wildman–Crippen LogP) is 2.12. The molecule has 8 heteroatoms. The molecule has 0 aliphatic carbocycles. The molecule has 0 saturated heterocycles. The fraction of sp³-hybridized carbons (Fsp3) is 0.167. The number of nitrogens with zero attached hydrogens (tertiary/aromatic N) is 4. The second-order valence-corrected chi connectivity index (χ2v) is 5.94. The van der Waals surface area contributed by atoms with Crippen molar-refractivity contribution >= 4 is 17.6 Å². The Hall–Kier alpha value is -3.55. The quantitative estimate of drug-likeness (QED) is 0.724. The Morgan fingerprint density at radius 2 is 2.08 bits per heavy atom. The molecule has 2 heterocycles. The van der Waals surface area contributed by atoms with Crippen LogP contribution in [0.1, 0.15) is 28.4 Å². The van der Waals surface area contributed by atoms with E-state index < -0.39 is 12.1 Å². The molecule has 8 nitrogen and oxygen atoms in total. The molecule has 0 fully saturated rings. The van der Waals surface area contributed by atoms with Crippen LogP contribution in [0.2, 0.25) is 0 Å². The first-order valence-electron chi connectivity index (χ1n) is 8.04. The molecule has 0 radical (unpaired) electrons. The smallest absolute Gasteiger partial charge is 0.339 e. The lowest BCUT2D eigenvalue weighted by Crippen LogP contribution is -2.15. The van der Waals surface area contributed by atoms with Crippen LogP contribution in [0.4, 0.5) is 5.69 Å². The molecule has 0 saturated carbocycles. The zero-order valence-corrected chi connectivity index (χ0v) is 13.9. The molecule has 26 heavy (non-hydrogen) atoms. The summed E-state index contributed by atoms with van der Waals surface area (Å²) in [7, 11) is 1.74. The van der Waals surface area contributed by atoms with Crippen LogP contribution in [0, 0.1) is 0 Å². The van der Waals surface area contributed by atoms with E-state index in [-0.39, 0.29) is 12.3 Å². The van der Waals surface area contributed by atoms with Crippen molar-refractivity contribution in [3.8, 4) is 11.4 Å². The van der Waals surface area contributed by atoms with E-state index in [0.29, 0.717) is 17.1 Å². The molecule has 1 aliphatic heterocycles. The van der Waals surface area contributed by atoms with Gasteiger partial charge >= 0.3 is 5.97 Å². The van der Waals surface area contributed by atoms with Crippen molar-refractivity contribution in [3.05, 3.63) is 59.7 Å². The maximum atomic E-state index is 12.4. The first kappa shape index (κ1) is 15.9. The minimum atomic E-state index is -0.565. The monoisotopic (exact) mass is 349 g/mol. The number of aryl methyl sites for hydroxylation is 1. The van der Waals surface area contributed by atoms with Crippen LogP contribution in [0.25, 0.3) is 11.4 Å². The zero-order valence-electron chi connectivity index (χ0n) is 13.9. The van der Waals surface area contributed by atoms with Gasteiger partial charge in [0.1, 0.15) is 6.10 Å². The summed E-state index contributed by atoms with van der Waals surface area (Å²) in [5.41, 5.74) is 2.66. The minimum Gasteiger partial charge on any atom is -0.453 e. The van der Waals surface area contributed by atoms with Crippen LogP contribution in [0.3, 0.4) is 0 Å². The van der Waals surface area contributed by atoms with Crippen LogP contribution in [0.15, 0.2) is 48.5 Å². The molecule has 1 atom stereocenters. The van der Waals surface area contributed by atoms with E-state index in [2.05, 4.69) is 20.8 Å². The molecule has 1 aliphatic rings. The van der Waals surface area contributed by atoms with Gasteiger partial charge in [0.25, 0.3) is 0 Å². The van der Waals surface area contributed by atoms with Crippen molar-refractivity contribution in [2.75, 3.05) is 5.32 Å². The lowest BCUT2D eigenvalue weighted by molar-refractivity contribution is -0.118. The number of carbonyl (C=O) groups excluding carboxylic acids is 2. The summed E-state index contributed by atoms with van der Waals surface area (Å²) in [5.74, 6) is -0.0392. The Morgan fingerprint density at radius 1 is 1.23 bits per heavy atom. The topological polar surface area (TPSA) is 99.0 Å². The molecule has 1 aromatic heterocycles. The van der Waals surface area contributed by atoms with Crippen molar-refractivity contribution in [1.82, 2.24) is 20.2 Å². The van der Waals surface area contributed by atoms with Gasteiger partial charge in [-0.15, -0.1) is 5.10 Å². The number of hydrogen-bond acceptors (Lipinski definition) is 6. The number of fused-ring (bicyclic) bond motifs is 1. The van der Waals surface area contributed by atoms with E-state index >= 15 is 0 Å². The maximum Gasteiger partial charge on any atom is 0.339 e. The number of aromatic nitrogens is 4. The number of ether oxygens (including phenoxy) is 1. The number of anilines is 1. The molecule has 1 amide bonds. The van der Waals surface area contributed by atoms with Crippen molar-refractivity contribution in [3.63, 3.8) is 0 Å². The van der Waals surface area contributed by atoms with E-state index in [0.717, 1.165) is 11.1 Å². The van der Waals surface area contributed by atoms with Gasteiger partial charge in [-0.2, -0.15) is 0 Å². The second-order valence-electron chi connectivity index (χ2n) is 5.94. The van der Waals surface area contributed by atoms with Gasteiger partial charge in [-0.05, 0) is 28.6 Å². The van der Waals surface area contributed by atoms with Gasteiger partial charge in [-0.3, -0.25) is 4.79 Å². The number of carbonyl (C=O) groups is 2. The molecule has 1 N–H and O–H groups in total. The Bertz CT molecular complexity index is 998. The van der Waals surface area contributed by atoms with E-state index in [1.807, 2.05) is 18.2 Å². The lowest BCUT2D eigenvalue weighted by Gasteiger charge is -2.11. The van der Waals surface area contributed by atoms with Crippen LogP contribution in [-0.4, -0.2) is 32.1 Å². The first-order chi connectivity index (χ1) is 12.6. The first-order valence-corrected chi connectivity index (χ1v) is 8.04. The zero-order chi connectivity index (χ0) is 18.1. The van der Waals surface area contributed by atoms with Gasteiger partial charge in [0.2, 0.25) is 5.91 Å². The lowest BCUT2D eigenvalue weighted by atomic mass is 10.0. The van der Waals surface area contributed by atoms with E-state index in [1.54, 1.807) is 42.1 Å². The molecular weight excluding hydrogens is 334 g/mol. The Kier molecular flexibility index (Phi) is 3.92. The molecule has 2 aromatic carbocycles. The van der Waals surface area contributed by atoms with Crippen molar-refractivity contribution in [2.24, 2.45) is 7.05 Å². The number of rotatable bonds is 4. The number of cyclic esters (lactones) is 1. The summed E-state index contributed by atoms with van der Waals surface area (Å²) in [5, 5.41) is 14.2. The number of tetrazole rings is 1. The number of hydrogen-bond donors (Lipinski definition) is 1. The molecule has 0 spiro atoms. The van der Waals surface area contributed by atoms with Crippen molar-refractivity contribution < 1.29 is 14.3 Å². The third-order valence-corrected chi connectivity index (χ3v) is 4.17.